The molecule has 1 unspecified atom stereocenters. The minimum atomic E-state index is -0.632. The first-order valence-electron chi connectivity index (χ1n) is 5.77. The van der Waals surface area contributed by atoms with Gasteiger partial charge < -0.3 is 10.0 Å². The minimum Gasteiger partial charge on any atom is -0.389 e. The van der Waals surface area contributed by atoms with Crippen LogP contribution < -0.4 is 4.90 Å². The molecule has 0 spiro atoms. The van der Waals surface area contributed by atoms with Crippen molar-refractivity contribution in [1.82, 2.24) is 0 Å². The number of hydrogen-bond donors (Lipinski definition) is 1. The van der Waals surface area contributed by atoms with Crippen molar-refractivity contribution < 1.29 is 9.50 Å². The molecule has 0 radical (unpaired) electrons. The number of rotatable bonds is 4. The van der Waals surface area contributed by atoms with Gasteiger partial charge in [0.2, 0.25) is 0 Å². The molecule has 0 bridgehead atoms. The highest BCUT2D eigenvalue weighted by atomic mass is 19.1. The summed E-state index contributed by atoms with van der Waals surface area (Å²) in [6.45, 7) is 2.55. The quantitative estimate of drug-likeness (QED) is 0.848. The molecule has 0 heterocycles. The Morgan fingerprint density at radius 3 is 2.75 bits per heavy atom. The largest absolute Gasteiger partial charge is 0.389 e. The van der Waals surface area contributed by atoms with E-state index in [1.165, 1.54) is 18.9 Å². The van der Waals surface area contributed by atoms with Gasteiger partial charge in [-0.15, -0.1) is 0 Å². The van der Waals surface area contributed by atoms with Crippen molar-refractivity contribution in [1.29, 1.82) is 0 Å². The molecule has 1 saturated carbocycles. The molecule has 1 atom stereocenters. The van der Waals surface area contributed by atoms with Gasteiger partial charge in [0.25, 0.3) is 0 Å². The molecular weight excluding hydrogens is 205 g/mol. The van der Waals surface area contributed by atoms with Gasteiger partial charge in [0, 0.05) is 19.2 Å². The molecule has 1 aromatic rings. The zero-order chi connectivity index (χ0) is 11.7. The summed E-state index contributed by atoms with van der Waals surface area (Å²) in [7, 11) is 1.89. The second-order valence-electron chi connectivity index (χ2n) is 4.68. The first kappa shape index (κ1) is 11.4. The van der Waals surface area contributed by atoms with E-state index in [0.29, 0.717) is 17.2 Å². The van der Waals surface area contributed by atoms with Crippen LogP contribution in [0.25, 0.3) is 0 Å². The van der Waals surface area contributed by atoms with Gasteiger partial charge in [0.15, 0.2) is 0 Å². The van der Waals surface area contributed by atoms with Crippen LogP contribution >= 0.6 is 0 Å². The SMILES string of the molecule is CC(O)c1cccc(F)c1N(C)CC1CC1. The summed E-state index contributed by atoms with van der Waals surface area (Å²) in [5, 5.41) is 9.63. The van der Waals surface area contributed by atoms with Crippen LogP contribution in [-0.4, -0.2) is 18.7 Å². The number of para-hydroxylation sites is 1. The van der Waals surface area contributed by atoms with E-state index < -0.39 is 6.10 Å². The maximum atomic E-state index is 13.8. The molecule has 88 valence electrons. The van der Waals surface area contributed by atoms with Crippen LogP contribution in [-0.2, 0) is 0 Å². The number of aliphatic hydroxyl groups excluding tert-OH is 1. The number of hydrogen-bond acceptors (Lipinski definition) is 2. The van der Waals surface area contributed by atoms with E-state index in [-0.39, 0.29) is 5.82 Å². The van der Waals surface area contributed by atoms with E-state index in [1.54, 1.807) is 19.1 Å². The summed E-state index contributed by atoms with van der Waals surface area (Å²) < 4.78 is 13.8. The Balaban J connectivity index is 2.28. The summed E-state index contributed by atoms with van der Waals surface area (Å²) in [4.78, 5) is 1.93. The lowest BCUT2D eigenvalue weighted by Crippen LogP contribution is -2.23. The zero-order valence-corrected chi connectivity index (χ0v) is 9.78. The van der Waals surface area contributed by atoms with E-state index in [2.05, 4.69) is 0 Å². The van der Waals surface area contributed by atoms with Crippen molar-refractivity contribution in [3.05, 3.63) is 29.6 Å². The molecule has 2 nitrogen and oxygen atoms in total. The molecule has 0 saturated heterocycles. The van der Waals surface area contributed by atoms with Gasteiger partial charge in [-0.3, -0.25) is 0 Å². The molecule has 2 rings (SSSR count). The minimum absolute atomic E-state index is 0.249. The molecule has 1 aromatic carbocycles. The smallest absolute Gasteiger partial charge is 0.146 e. The topological polar surface area (TPSA) is 23.5 Å². The summed E-state index contributed by atoms with van der Waals surface area (Å²) in [5.41, 5.74) is 1.22. The monoisotopic (exact) mass is 223 g/mol. The second kappa shape index (κ2) is 4.42. The first-order valence-corrected chi connectivity index (χ1v) is 5.77. The van der Waals surface area contributed by atoms with E-state index in [0.717, 1.165) is 6.54 Å². The Kier molecular flexibility index (Phi) is 3.15. The third kappa shape index (κ3) is 2.35. The molecule has 0 aliphatic heterocycles. The Bertz CT molecular complexity index is 374. The van der Waals surface area contributed by atoms with Crippen LogP contribution in [0, 0.1) is 11.7 Å². The summed E-state index contributed by atoms with van der Waals surface area (Å²) in [6, 6.07) is 4.88. The fourth-order valence-electron chi connectivity index (χ4n) is 2.05. The Hall–Kier alpha value is -1.09. The molecule has 16 heavy (non-hydrogen) atoms. The maximum Gasteiger partial charge on any atom is 0.146 e. The number of halogens is 1. The lowest BCUT2D eigenvalue weighted by Gasteiger charge is -2.24. The summed E-state index contributed by atoms with van der Waals surface area (Å²) >= 11 is 0. The molecule has 0 aromatic heterocycles. The molecule has 3 heteroatoms. The van der Waals surface area contributed by atoms with Gasteiger partial charge in [0.1, 0.15) is 5.82 Å². The predicted octanol–water partition coefficient (Wildman–Crippen LogP) is 2.73. The van der Waals surface area contributed by atoms with Crippen molar-refractivity contribution in [2.24, 2.45) is 5.92 Å². The summed E-state index contributed by atoms with van der Waals surface area (Å²) in [6.07, 6.45) is 1.85. The first-order chi connectivity index (χ1) is 7.59. The van der Waals surface area contributed by atoms with Crippen LogP contribution in [0.15, 0.2) is 18.2 Å². The number of anilines is 1. The van der Waals surface area contributed by atoms with E-state index in [1.807, 2.05) is 11.9 Å². The standard InChI is InChI=1S/C13H18FNO/c1-9(16)11-4-3-5-12(14)13(11)15(2)8-10-6-7-10/h3-5,9-10,16H,6-8H2,1-2H3. The summed E-state index contributed by atoms with van der Waals surface area (Å²) in [5.74, 6) is 0.452. The van der Waals surface area contributed by atoms with Gasteiger partial charge >= 0.3 is 0 Å². The molecular formula is C13H18FNO. The average Bonchev–Trinajstić information content (AvgIpc) is 3.00. The number of nitrogens with zero attached hydrogens (tertiary/aromatic N) is 1. The lowest BCUT2D eigenvalue weighted by atomic mass is 10.1. The third-order valence-electron chi connectivity index (χ3n) is 3.08. The molecule has 1 N–H and O–H groups in total. The lowest BCUT2D eigenvalue weighted by molar-refractivity contribution is 0.199. The molecule has 1 aliphatic rings. The van der Waals surface area contributed by atoms with Crippen LogP contribution in [0.5, 0.6) is 0 Å². The molecule has 1 fully saturated rings. The molecule has 0 amide bonds. The van der Waals surface area contributed by atoms with Crippen molar-refractivity contribution in [2.75, 3.05) is 18.5 Å². The maximum absolute atomic E-state index is 13.8. The van der Waals surface area contributed by atoms with Crippen LogP contribution in [0.4, 0.5) is 10.1 Å². The highest BCUT2D eigenvalue weighted by Crippen LogP contribution is 2.34. The Morgan fingerprint density at radius 1 is 1.50 bits per heavy atom. The fourth-order valence-corrected chi connectivity index (χ4v) is 2.05. The van der Waals surface area contributed by atoms with Crippen LogP contribution in [0.2, 0.25) is 0 Å². The van der Waals surface area contributed by atoms with Crippen molar-refractivity contribution in [3.8, 4) is 0 Å². The van der Waals surface area contributed by atoms with Crippen LogP contribution in [0.3, 0.4) is 0 Å². The molecule has 1 aliphatic carbocycles. The van der Waals surface area contributed by atoms with Crippen molar-refractivity contribution in [2.45, 2.75) is 25.9 Å². The van der Waals surface area contributed by atoms with Gasteiger partial charge in [-0.1, -0.05) is 12.1 Å². The van der Waals surface area contributed by atoms with Gasteiger partial charge in [-0.05, 0) is 31.7 Å². The van der Waals surface area contributed by atoms with E-state index in [4.69, 9.17) is 0 Å². The second-order valence-corrected chi connectivity index (χ2v) is 4.68. The highest BCUT2D eigenvalue weighted by molar-refractivity contribution is 5.55. The fraction of sp³-hybridized carbons (Fsp3) is 0.538. The van der Waals surface area contributed by atoms with Crippen molar-refractivity contribution in [3.63, 3.8) is 0 Å². The highest BCUT2D eigenvalue weighted by Gasteiger charge is 2.25. The average molecular weight is 223 g/mol. The van der Waals surface area contributed by atoms with Gasteiger partial charge in [0.05, 0.1) is 11.8 Å². The van der Waals surface area contributed by atoms with Gasteiger partial charge in [-0.2, -0.15) is 0 Å². The third-order valence-corrected chi connectivity index (χ3v) is 3.08. The normalized spacial score (nSPS) is 17.2. The Morgan fingerprint density at radius 2 is 2.19 bits per heavy atom. The predicted molar refractivity (Wildman–Crippen MR) is 63.0 cm³/mol. The van der Waals surface area contributed by atoms with Crippen LogP contribution in [0.1, 0.15) is 31.4 Å². The van der Waals surface area contributed by atoms with Crippen molar-refractivity contribution >= 4 is 5.69 Å². The number of benzene rings is 1. The van der Waals surface area contributed by atoms with E-state index in [9.17, 15) is 9.50 Å². The Labute approximate surface area is 95.7 Å². The van der Waals surface area contributed by atoms with Gasteiger partial charge in [-0.25, -0.2) is 4.39 Å². The zero-order valence-electron chi connectivity index (χ0n) is 9.78. The van der Waals surface area contributed by atoms with E-state index >= 15 is 0 Å². The number of aliphatic hydroxyl groups is 1.